The third kappa shape index (κ3) is 2.45. The predicted molar refractivity (Wildman–Crippen MR) is 77.5 cm³/mol. The smallest absolute Gasteiger partial charge is 0.400 e. The standard InChI is InChI=1S/C15H25BO4/c1-13(2)14(3,4)20-16(19-13)12-5-7-15(8-6-12)11-17-9-10-18-15/h5H,6-11H2,1-4H3. The Morgan fingerprint density at radius 2 is 1.75 bits per heavy atom. The number of hydrogen-bond donors (Lipinski definition) is 0. The van der Waals surface area contributed by atoms with Crippen LogP contribution < -0.4 is 0 Å². The van der Waals surface area contributed by atoms with Crippen LogP contribution in [0.5, 0.6) is 0 Å². The normalized spacial score (nSPS) is 36.2. The Kier molecular flexibility index (Phi) is 3.52. The second-order valence-electron chi connectivity index (χ2n) is 7.16. The van der Waals surface area contributed by atoms with Gasteiger partial charge in [-0.15, -0.1) is 0 Å². The summed E-state index contributed by atoms with van der Waals surface area (Å²) in [7, 11) is -0.207. The first kappa shape index (κ1) is 14.6. The van der Waals surface area contributed by atoms with Crippen molar-refractivity contribution in [3.05, 3.63) is 11.5 Å². The lowest BCUT2D eigenvalue weighted by molar-refractivity contribution is -0.160. The molecule has 3 rings (SSSR count). The first-order valence-electron chi connectivity index (χ1n) is 7.60. The largest absolute Gasteiger partial charge is 0.490 e. The van der Waals surface area contributed by atoms with Gasteiger partial charge in [0.25, 0.3) is 0 Å². The molecule has 0 aromatic heterocycles. The van der Waals surface area contributed by atoms with E-state index in [1.54, 1.807) is 0 Å². The molecular formula is C15H25BO4. The van der Waals surface area contributed by atoms with E-state index in [1.165, 1.54) is 5.47 Å². The van der Waals surface area contributed by atoms with Gasteiger partial charge in [-0.05, 0) is 52.4 Å². The minimum Gasteiger partial charge on any atom is -0.400 e. The number of ether oxygens (including phenoxy) is 2. The van der Waals surface area contributed by atoms with Crippen LogP contribution in [0, 0.1) is 0 Å². The molecule has 0 aromatic rings. The zero-order chi connectivity index (χ0) is 14.4. The van der Waals surface area contributed by atoms with E-state index in [0.717, 1.165) is 25.9 Å². The van der Waals surface area contributed by atoms with Gasteiger partial charge in [-0.2, -0.15) is 0 Å². The fourth-order valence-electron chi connectivity index (χ4n) is 2.98. The highest BCUT2D eigenvalue weighted by Gasteiger charge is 2.53. The Bertz CT molecular complexity index is 394. The summed E-state index contributed by atoms with van der Waals surface area (Å²) < 4.78 is 23.8. The van der Waals surface area contributed by atoms with Crippen LogP contribution in [0.15, 0.2) is 11.5 Å². The number of hydrogen-bond acceptors (Lipinski definition) is 4. The number of allylic oxidation sites excluding steroid dienone is 1. The van der Waals surface area contributed by atoms with Crippen LogP contribution in [0.4, 0.5) is 0 Å². The molecule has 0 saturated carbocycles. The Balaban J connectivity index is 1.68. The third-order valence-electron chi connectivity index (χ3n) is 5.16. The molecule has 1 aliphatic carbocycles. The van der Waals surface area contributed by atoms with Crippen molar-refractivity contribution in [1.82, 2.24) is 0 Å². The second kappa shape index (κ2) is 4.84. The summed E-state index contributed by atoms with van der Waals surface area (Å²) in [5, 5.41) is 0. The molecule has 2 fully saturated rings. The summed E-state index contributed by atoms with van der Waals surface area (Å²) in [5.74, 6) is 0. The van der Waals surface area contributed by atoms with Crippen LogP contribution in [-0.2, 0) is 18.8 Å². The van der Waals surface area contributed by atoms with Gasteiger partial charge >= 0.3 is 7.12 Å². The van der Waals surface area contributed by atoms with Gasteiger partial charge in [0, 0.05) is 0 Å². The minimum absolute atomic E-state index is 0.106. The maximum absolute atomic E-state index is 6.12. The molecule has 20 heavy (non-hydrogen) atoms. The molecule has 2 saturated heterocycles. The lowest BCUT2D eigenvalue weighted by Crippen LogP contribution is -2.45. The topological polar surface area (TPSA) is 36.9 Å². The quantitative estimate of drug-likeness (QED) is 0.692. The van der Waals surface area contributed by atoms with E-state index in [4.69, 9.17) is 18.8 Å². The lowest BCUT2D eigenvalue weighted by atomic mass is 9.69. The maximum Gasteiger partial charge on any atom is 0.490 e. The lowest BCUT2D eigenvalue weighted by Gasteiger charge is -2.39. The third-order valence-corrected chi connectivity index (χ3v) is 5.16. The van der Waals surface area contributed by atoms with E-state index in [9.17, 15) is 0 Å². The molecule has 5 heteroatoms. The molecule has 1 atom stereocenters. The van der Waals surface area contributed by atoms with Crippen molar-refractivity contribution in [3.8, 4) is 0 Å². The van der Waals surface area contributed by atoms with Gasteiger partial charge in [-0.25, -0.2) is 0 Å². The molecule has 0 amide bonds. The molecule has 1 spiro atoms. The van der Waals surface area contributed by atoms with Crippen molar-refractivity contribution in [2.75, 3.05) is 19.8 Å². The first-order valence-corrected chi connectivity index (χ1v) is 7.60. The van der Waals surface area contributed by atoms with E-state index in [0.29, 0.717) is 13.2 Å². The summed E-state index contributed by atoms with van der Waals surface area (Å²) in [6, 6.07) is 0. The SMILES string of the molecule is CC1(C)OB(C2=CCC3(CC2)COCCO3)OC1(C)C. The van der Waals surface area contributed by atoms with Crippen LogP contribution in [0.1, 0.15) is 47.0 Å². The summed E-state index contributed by atoms with van der Waals surface area (Å²) in [6.07, 6.45) is 5.08. The summed E-state index contributed by atoms with van der Waals surface area (Å²) >= 11 is 0. The van der Waals surface area contributed by atoms with Gasteiger partial charge in [0.05, 0.1) is 36.6 Å². The Hall–Kier alpha value is -0.355. The van der Waals surface area contributed by atoms with Crippen molar-refractivity contribution in [3.63, 3.8) is 0 Å². The molecule has 0 radical (unpaired) electrons. The highest BCUT2D eigenvalue weighted by atomic mass is 16.7. The Morgan fingerprint density at radius 3 is 2.25 bits per heavy atom. The Labute approximate surface area is 121 Å². The van der Waals surface area contributed by atoms with Crippen molar-refractivity contribution in [2.45, 2.75) is 63.8 Å². The highest BCUT2D eigenvalue weighted by molar-refractivity contribution is 6.54. The van der Waals surface area contributed by atoms with E-state index in [-0.39, 0.29) is 23.9 Å². The van der Waals surface area contributed by atoms with Crippen molar-refractivity contribution < 1.29 is 18.8 Å². The Morgan fingerprint density at radius 1 is 1.05 bits per heavy atom. The van der Waals surface area contributed by atoms with Crippen LogP contribution >= 0.6 is 0 Å². The zero-order valence-corrected chi connectivity index (χ0v) is 13.0. The summed E-state index contributed by atoms with van der Waals surface area (Å²) in [6.45, 7) is 10.5. The van der Waals surface area contributed by atoms with Crippen molar-refractivity contribution in [2.24, 2.45) is 0 Å². The van der Waals surface area contributed by atoms with Gasteiger partial charge in [0.15, 0.2) is 0 Å². The van der Waals surface area contributed by atoms with E-state index < -0.39 is 0 Å². The van der Waals surface area contributed by atoms with Gasteiger partial charge < -0.3 is 18.8 Å². The van der Waals surface area contributed by atoms with Crippen LogP contribution in [0.2, 0.25) is 0 Å². The highest BCUT2D eigenvalue weighted by Crippen LogP contribution is 2.42. The molecule has 112 valence electrons. The number of rotatable bonds is 1. The van der Waals surface area contributed by atoms with Gasteiger partial charge in [0.1, 0.15) is 0 Å². The predicted octanol–water partition coefficient (Wildman–Crippen LogP) is 2.51. The average Bonchev–Trinajstić information content (AvgIpc) is 2.60. The van der Waals surface area contributed by atoms with Crippen LogP contribution in [0.3, 0.4) is 0 Å². The molecule has 2 heterocycles. The molecule has 1 unspecified atom stereocenters. The molecule has 0 N–H and O–H groups in total. The molecule has 4 nitrogen and oxygen atoms in total. The molecule has 0 bridgehead atoms. The minimum atomic E-state index is -0.266. The van der Waals surface area contributed by atoms with Gasteiger partial charge in [0.2, 0.25) is 0 Å². The molecular weight excluding hydrogens is 255 g/mol. The van der Waals surface area contributed by atoms with Gasteiger partial charge in [-0.1, -0.05) is 6.08 Å². The van der Waals surface area contributed by atoms with E-state index in [2.05, 4.69) is 33.8 Å². The van der Waals surface area contributed by atoms with Crippen LogP contribution in [-0.4, -0.2) is 43.7 Å². The fourth-order valence-corrected chi connectivity index (χ4v) is 2.98. The monoisotopic (exact) mass is 280 g/mol. The van der Waals surface area contributed by atoms with E-state index >= 15 is 0 Å². The summed E-state index contributed by atoms with van der Waals surface area (Å²) in [5.41, 5.74) is 0.616. The van der Waals surface area contributed by atoms with Crippen molar-refractivity contribution >= 4 is 7.12 Å². The fraction of sp³-hybridized carbons (Fsp3) is 0.867. The summed E-state index contributed by atoms with van der Waals surface area (Å²) in [4.78, 5) is 0. The van der Waals surface area contributed by atoms with E-state index in [1.807, 2.05) is 0 Å². The van der Waals surface area contributed by atoms with Crippen molar-refractivity contribution in [1.29, 1.82) is 0 Å². The maximum atomic E-state index is 6.12. The average molecular weight is 280 g/mol. The molecule has 2 aliphatic heterocycles. The van der Waals surface area contributed by atoms with Crippen LogP contribution in [0.25, 0.3) is 0 Å². The second-order valence-corrected chi connectivity index (χ2v) is 7.16. The zero-order valence-electron chi connectivity index (χ0n) is 13.0. The molecule has 3 aliphatic rings. The first-order chi connectivity index (χ1) is 9.34. The van der Waals surface area contributed by atoms with Gasteiger partial charge in [-0.3, -0.25) is 0 Å². The molecule has 0 aromatic carbocycles.